The van der Waals surface area contributed by atoms with Gasteiger partial charge in [0.2, 0.25) is 5.28 Å². The van der Waals surface area contributed by atoms with Gasteiger partial charge in [-0.25, -0.2) is 4.98 Å². The van der Waals surface area contributed by atoms with Crippen LogP contribution in [0.5, 0.6) is 0 Å². The zero-order valence-corrected chi connectivity index (χ0v) is 11.7. The number of nitrogens with zero attached hydrogens (tertiary/aromatic N) is 3. The largest absolute Gasteiger partial charge is 0.365 e. The van der Waals surface area contributed by atoms with Crippen molar-refractivity contribution in [2.75, 3.05) is 5.32 Å². The van der Waals surface area contributed by atoms with Gasteiger partial charge in [0.15, 0.2) is 11.5 Å². The average Bonchev–Trinajstić information content (AvgIpc) is 2.74. The molecule has 6 heteroatoms. The molecule has 0 spiro atoms. The molecule has 1 aliphatic carbocycles. The van der Waals surface area contributed by atoms with E-state index in [0.29, 0.717) is 11.7 Å². The van der Waals surface area contributed by atoms with E-state index in [1.165, 1.54) is 32.1 Å². The van der Waals surface area contributed by atoms with Gasteiger partial charge in [0.05, 0.1) is 6.33 Å². The van der Waals surface area contributed by atoms with Crippen molar-refractivity contribution >= 4 is 28.6 Å². The first-order valence-electron chi connectivity index (χ1n) is 6.85. The van der Waals surface area contributed by atoms with Gasteiger partial charge in [0, 0.05) is 6.04 Å². The summed E-state index contributed by atoms with van der Waals surface area (Å²) in [7, 11) is 0. The first-order chi connectivity index (χ1) is 9.22. The molecule has 2 heterocycles. The fourth-order valence-electron chi connectivity index (χ4n) is 2.74. The van der Waals surface area contributed by atoms with Gasteiger partial charge < -0.3 is 10.3 Å². The summed E-state index contributed by atoms with van der Waals surface area (Å²) in [5.74, 6) is 1.60. The summed E-state index contributed by atoms with van der Waals surface area (Å²) in [5.41, 5.74) is 1.45. The minimum Gasteiger partial charge on any atom is -0.365 e. The van der Waals surface area contributed by atoms with Gasteiger partial charge in [-0.05, 0) is 36.8 Å². The molecule has 2 N–H and O–H groups in total. The van der Waals surface area contributed by atoms with Crippen LogP contribution in [-0.2, 0) is 0 Å². The van der Waals surface area contributed by atoms with E-state index in [4.69, 9.17) is 11.6 Å². The second-order valence-electron chi connectivity index (χ2n) is 5.40. The van der Waals surface area contributed by atoms with Crippen molar-refractivity contribution in [1.29, 1.82) is 0 Å². The van der Waals surface area contributed by atoms with E-state index in [2.05, 4.69) is 32.2 Å². The van der Waals surface area contributed by atoms with E-state index in [0.717, 1.165) is 17.3 Å². The molecular formula is C13H18ClN5. The van der Waals surface area contributed by atoms with Crippen molar-refractivity contribution < 1.29 is 0 Å². The Morgan fingerprint density at radius 3 is 3.05 bits per heavy atom. The predicted molar refractivity (Wildman–Crippen MR) is 76.4 cm³/mol. The summed E-state index contributed by atoms with van der Waals surface area (Å²) in [5, 5.41) is 3.74. The summed E-state index contributed by atoms with van der Waals surface area (Å²) >= 11 is 5.94. The summed E-state index contributed by atoms with van der Waals surface area (Å²) in [4.78, 5) is 15.6. The van der Waals surface area contributed by atoms with Gasteiger partial charge in [-0.1, -0.05) is 19.8 Å². The number of anilines is 1. The second kappa shape index (κ2) is 5.33. The predicted octanol–water partition coefficient (Wildman–Crippen LogP) is 3.39. The number of aromatic amines is 1. The Labute approximate surface area is 117 Å². The fourth-order valence-corrected chi connectivity index (χ4v) is 2.90. The number of halogens is 1. The van der Waals surface area contributed by atoms with E-state index < -0.39 is 0 Å². The third-order valence-corrected chi connectivity index (χ3v) is 4.03. The van der Waals surface area contributed by atoms with Crippen LogP contribution in [0.1, 0.15) is 39.0 Å². The number of fused-ring (bicyclic) bond motifs is 1. The summed E-state index contributed by atoms with van der Waals surface area (Å²) in [6.07, 6.45) is 7.84. The van der Waals surface area contributed by atoms with Crippen LogP contribution in [0, 0.1) is 5.92 Å². The summed E-state index contributed by atoms with van der Waals surface area (Å²) < 4.78 is 0. The van der Waals surface area contributed by atoms with Gasteiger partial charge in [-0.2, -0.15) is 9.97 Å². The normalized spacial score (nSPS) is 24.3. The maximum atomic E-state index is 5.94. The molecule has 0 bridgehead atoms. The highest BCUT2D eigenvalue weighted by Gasteiger charge is 2.18. The molecule has 1 fully saturated rings. The monoisotopic (exact) mass is 279 g/mol. The molecular weight excluding hydrogens is 262 g/mol. The number of imidazole rings is 1. The van der Waals surface area contributed by atoms with E-state index in [1.807, 2.05) is 0 Å². The molecule has 102 valence electrons. The molecule has 0 aliphatic heterocycles. The van der Waals surface area contributed by atoms with Gasteiger partial charge >= 0.3 is 0 Å². The molecule has 1 aliphatic rings. The highest BCUT2D eigenvalue weighted by Crippen LogP contribution is 2.26. The average molecular weight is 280 g/mol. The molecule has 0 amide bonds. The van der Waals surface area contributed by atoms with Crippen molar-refractivity contribution in [3.63, 3.8) is 0 Å². The molecule has 0 aromatic carbocycles. The lowest BCUT2D eigenvalue weighted by atomic mass is 10.0. The maximum absolute atomic E-state index is 5.94. The van der Waals surface area contributed by atoms with Gasteiger partial charge in [0.25, 0.3) is 0 Å². The van der Waals surface area contributed by atoms with Gasteiger partial charge in [-0.15, -0.1) is 0 Å². The SMILES string of the molecule is CC1CCCC(Nc2nc(Cl)nc3nc[nH]c23)CC1. The third-order valence-electron chi connectivity index (χ3n) is 3.86. The lowest BCUT2D eigenvalue weighted by molar-refractivity contribution is 0.502. The standard InChI is InChI=1S/C13H18ClN5/c1-8-3-2-4-9(6-5-8)17-12-10-11(16-7-15-10)18-13(14)19-12/h7-9H,2-6H2,1H3,(H2,15,16,17,18,19). The van der Waals surface area contributed by atoms with E-state index in [-0.39, 0.29) is 5.28 Å². The van der Waals surface area contributed by atoms with E-state index in [9.17, 15) is 0 Å². The molecule has 0 saturated heterocycles. The van der Waals surface area contributed by atoms with Crippen LogP contribution >= 0.6 is 11.6 Å². The van der Waals surface area contributed by atoms with Gasteiger partial charge in [-0.3, -0.25) is 0 Å². The number of nitrogens with one attached hydrogen (secondary N) is 2. The smallest absolute Gasteiger partial charge is 0.226 e. The van der Waals surface area contributed by atoms with Crippen molar-refractivity contribution in [2.24, 2.45) is 5.92 Å². The van der Waals surface area contributed by atoms with Crippen LogP contribution in [0.3, 0.4) is 0 Å². The molecule has 2 atom stereocenters. The van der Waals surface area contributed by atoms with Gasteiger partial charge in [0.1, 0.15) is 5.52 Å². The minimum atomic E-state index is 0.240. The Bertz CT molecular complexity index is 567. The number of hydrogen-bond donors (Lipinski definition) is 2. The molecule has 19 heavy (non-hydrogen) atoms. The Balaban J connectivity index is 1.82. The highest BCUT2D eigenvalue weighted by atomic mass is 35.5. The van der Waals surface area contributed by atoms with Crippen molar-refractivity contribution in [2.45, 2.75) is 45.1 Å². The Morgan fingerprint density at radius 1 is 1.26 bits per heavy atom. The Kier molecular flexibility index (Phi) is 3.55. The van der Waals surface area contributed by atoms with Crippen molar-refractivity contribution in [3.05, 3.63) is 11.6 Å². The molecule has 5 nitrogen and oxygen atoms in total. The number of aromatic nitrogens is 4. The molecule has 3 rings (SSSR count). The van der Waals surface area contributed by atoms with Crippen molar-refractivity contribution in [1.82, 2.24) is 19.9 Å². The molecule has 0 radical (unpaired) electrons. The highest BCUT2D eigenvalue weighted by molar-refractivity contribution is 6.28. The van der Waals surface area contributed by atoms with Crippen LogP contribution in [0.4, 0.5) is 5.82 Å². The zero-order chi connectivity index (χ0) is 13.2. The van der Waals surface area contributed by atoms with Crippen LogP contribution in [-0.4, -0.2) is 26.0 Å². The Hall–Kier alpha value is -1.36. The number of rotatable bonds is 2. The minimum absolute atomic E-state index is 0.240. The van der Waals surface area contributed by atoms with Crippen LogP contribution in [0.15, 0.2) is 6.33 Å². The maximum Gasteiger partial charge on any atom is 0.226 e. The molecule has 1 saturated carbocycles. The fraction of sp³-hybridized carbons (Fsp3) is 0.615. The van der Waals surface area contributed by atoms with Crippen LogP contribution < -0.4 is 5.32 Å². The number of H-pyrrole nitrogens is 1. The van der Waals surface area contributed by atoms with Crippen LogP contribution in [0.2, 0.25) is 5.28 Å². The first-order valence-corrected chi connectivity index (χ1v) is 7.23. The second-order valence-corrected chi connectivity index (χ2v) is 5.74. The zero-order valence-electron chi connectivity index (χ0n) is 11.0. The lowest BCUT2D eigenvalue weighted by Gasteiger charge is -2.17. The first kappa shape index (κ1) is 12.7. The topological polar surface area (TPSA) is 66.5 Å². The van der Waals surface area contributed by atoms with E-state index in [1.54, 1.807) is 6.33 Å². The summed E-state index contributed by atoms with van der Waals surface area (Å²) in [6.45, 7) is 2.33. The summed E-state index contributed by atoms with van der Waals surface area (Å²) in [6, 6.07) is 0.461. The lowest BCUT2D eigenvalue weighted by Crippen LogP contribution is -2.19. The van der Waals surface area contributed by atoms with Crippen LogP contribution in [0.25, 0.3) is 11.2 Å². The van der Waals surface area contributed by atoms with E-state index >= 15 is 0 Å². The Morgan fingerprint density at radius 2 is 2.16 bits per heavy atom. The number of hydrogen-bond acceptors (Lipinski definition) is 4. The molecule has 2 aromatic heterocycles. The molecule has 2 aromatic rings. The molecule has 2 unspecified atom stereocenters. The van der Waals surface area contributed by atoms with Crippen molar-refractivity contribution in [3.8, 4) is 0 Å². The third kappa shape index (κ3) is 2.81. The quantitative estimate of drug-likeness (QED) is 0.653.